The summed E-state index contributed by atoms with van der Waals surface area (Å²) in [5.74, 6) is -2.43. The average molecular weight is 196 g/mol. The minimum absolute atomic E-state index is 0.213. The van der Waals surface area contributed by atoms with Crippen LogP contribution in [0.3, 0.4) is 0 Å². The van der Waals surface area contributed by atoms with Gasteiger partial charge in [0.1, 0.15) is 11.7 Å². The molecule has 0 unspecified atom stereocenters. The highest BCUT2D eigenvalue weighted by Crippen LogP contribution is 2.10. The number of hydrogen-bond donors (Lipinski definition) is 3. The second-order valence-electron chi connectivity index (χ2n) is 2.60. The van der Waals surface area contributed by atoms with E-state index in [-0.39, 0.29) is 11.3 Å². The third-order valence-corrected chi connectivity index (χ3v) is 1.63. The molecule has 0 amide bonds. The molecule has 6 heteroatoms. The Morgan fingerprint density at radius 2 is 2.07 bits per heavy atom. The molecule has 0 radical (unpaired) electrons. The minimum Gasteiger partial charge on any atom is -0.480 e. The highest BCUT2D eigenvalue weighted by molar-refractivity contribution is 5.86. The smallest absolute Gasteiger partial charge is 0.354 e. The van der Waals surface area contributed by atoms with Crippen molar-refractivity contribution >= 4 is 11.9 Å². The van der Waals surface area contributed by atoms with Crippen molar-refractivity contribution in [1.82, 2.24) is 4.98 Å². The van der Waals surface area contributed by atoms with Crippen molar-refractivity contribution in [3.8, 4) is 0 Å². The molecule has 1 aromatic rings. The van der Waals surface area contributed by atoms with Gasteiger partial charge in [-0.25, -0.2) is 9.78 Å². The molecule has 0 saturated carbocycles. The lowest BCUT2D eigenvalue weighted by molar-refractivity contribution is -0.138. The number of rotatable bonds is 3. The monoisotopic (exact) mass is 196 g/mol. The predicted octanol–water partition coefficient (Wildman–Crippen LogP) is -0.136. The molecule has 0 aliphatic heterocycles. The Morgan fingerprint density at radius 1 is 1.43 bits per heavy atom. The van der Waals surface area contributed by atoms with Crippen molar-refractivity contribution in [3.05, 3.63) is 29.6 Å². The molecule has 1 aromatic heterocycles. The molecule has 1 rings (SSSR count). The number of nitrogens with two attached hydrogens (primary N) is 1. The SMILES string of the molecule is N[C@H](C(=O)O)c1ccnc(C(=O)O)c1. The molecule has 0 spiro atoms. The molecular weight excluding hydrogens is 188 g/mol. The van der Waals surface area contributed by atoms with Crippen molar-refractivity contribution < 1.29 is 19.8 Å². The van der Waals surface area contributed by atoms with E-state index in [1.807, 2.05) is 0 Å². The molecule has 74 valence electrons. The lowest BCUT2D eigenvalue weighted by atomic mass is 10.1. The van der Waals surface area contributed by atoms with Gasteiger partial charge in [-0.15, -0.1) is 0 Å². The Balaban J connectivity index is 3.05. The van der Waals surface area contributed by atoms with Crippen LogP contribution in [0.25, 0.3) is 0 Å². The molecule has 0 aliphatic carbocycles. The summed E-state index contributed by atoms with van der Waals surface area (Å²) in [5.41, 5.74) is 5.28. The van der Waals surface area contributed by atoms with Crippen LogP contribution < -0.4 is 5.73 Å². The Hall–Kier alpha value is -1.95. The number of carboxylic acids is 2. The average Bonchev–Trinajstić information content (AvgIpc) is 2.16. The summed E-state index contributed by atoms with van der Waals surface area (Å²) < 4.78 is 0. The second-order valence-corrected chi connectivity index (χ2v) is 2.60. The van der Waals surface area contributed by atoms with Crippen LogP contribution in [-0.2, 0) is 4.79 Å². The lowest BCUT2D eigenvalue weighted by Crippen LogP contribution is -2.21. The van der Waals surface area contributed by atoms with E-state index in [4.69, 9.17) is 15.9 Å². The van der Waals surface area contributed by atoms with E-state index < -0.39 is 18.0 Å². The second kappa shape index (κ2) is 3.84. The van der Waals surface area contributed by atoms with Gasteiger partial charge in [-0.2, -0.15) is 0 Å². The van der Waals surface area contributed by atoms with Crippen molar-refractivity contribution in [2.75, 3.05) is 0 Å². The summed E-state index contributed by atoms with van der Waals surface area (Å²) in [5, 5.41) is 17.2. The molecule has 14 heavy (non-hydrogen) atoms. The Bertz CT molecular complexity index is 377. The summed E-state index contributed by atoms with van der Waals surface area (Å²) in [6, 6.07) is 1.28. The molecule has 0 fully saturated rings. The number of carboxylic acid groups (broad SMARTS) is 2. The fraction of sp³-hybridized carbons (Fsp3) is 0.125. The standard InChI is InChI=1S/C8H8N2O4/c9-6(8(13)14)4-1-2-10-5(3-4)7(11)12/h1-3,6H,9H2,(H,11,12)(H,13,14)/t6-/m0/s1. The first-order chi connectivity index (χ1) is 6.52. The molecule has 0 aliphatic rings. The van der Waals surface area contributed by atoms with E-state index in [0.717, 1.165) is 6.07 Å². The molecule has 0 saturated heterocycles. The number of pyridine rings is 1. The van der Waals surface area contributed by atoms with Crippen LogP contribution in [0.15, 0.2) is 18.3 Å². The van der Waals surface area contributed by atoms with E-state index in [1.165, 1.54) is 12.3 Å². The maximum atomic E-state index is 10.5. The topological polar surface area (TPSA) is 114 Å². The molecule has 1 atom stereocenters. The van der Waals surface area contributed by atoms with Gasteiger partial charge in [0.25, 0.3) is 0 Å². The maximum Gasteiger partial charge on any atom is 0.354 e. The first-order valence-electron chi connectivity index (χ1n) is 3.70. The van der Waals surface area contributed by atoms with Gasteiger partial charge >= 0.3 is 11.9 Å². The van der Waals surface area contributed by atoms with Crippen LogP contribution in [-0.4, -0.2) is 27.1 Å². The Labute approximate surface area is 79.0 Å². The highest BCUT2D eigenvalue weighted by atomic mass is 16.4. The van der Waals surface area contributed by atoms with Gasteiger partial charge in [-0.3, -0.25) is 4.79 Å². The highest BCUT2D eigenvalue weighted by Gasteiger charge is 2.16. The summed E-state index contributed by atoms with van der Waals surface area (Å²) in [6.45, 7) is 0. The zero-order chi connectivity index (χ0) is 10.7. The molecule has 1 heterocycles. The van der Waals surface area contributed by atoms with Gasteiger partial charge in [-0.05, 0) is 17.7 Å². The lowest BCUT2D eigenvalue weighted by Gasteiger charge is -2.06. The number of aromatic carboxylic acids is 1. The zero-order valence-electron chi connectivity index (χ0n) is 7.04. The van der Waals surface area contributed by atoms with Gasteiger partial charge in [-0.1, -0.05) is 0 Å². The zero-order valence-corrected chi connectivity index (χ0v) is 7.04. The third kappa shape index (κ3) is 2.05. The summed E-state index contributed by atoms with van der Waals surface area (Å²) in [4.78, 5) is 24.5. The summed E-state index contributed by atoms with van der Waals surface area (Å²) in [6.07, 6.45) is 1.21. The first kappa shape index (κ1) is 10.1. The van der Waals surface area contributed by atoms with Crippen molar-refractivity contribution in [2.24, 2.45) is 5.73 Å². The number of hydrogen-bond acceptors (Lipinski definition) is 4. The molecule has 6 nitrogen and oxygen atoms in total. The van der Waals surface area contributed by atoms with Gasteiger partial charge in [0.05, 0.1) is 0 Å². The van der Waals surface area contributed by atoms with Gasteiger partial charge in [0.2, 0.25) is 0 Å². The fourth-order valence-electron chi connectivity index (χ4n) is 0.900. The van der Waals surface area contributed by atoms with Crippen molar-refractivity contribution in [2.45, 2.75) is 6.04 Å². The maximum absolute atomic E-state index is 10.5. The Kier molecular flexibility index (Phi) is 2.78. The predicted molar refractivity (Wildman–Crippen MR) is 45.8 cm³/mol. The minimum atomic E-state index is -1.23. The number of nitrogens with zero attached hydrogens (tertiary/aromatic N) is 1. The molecular formula is C8H8N2O4. The quantitative estimate of drug-likeness (QED) is 0.620. The van der Waals surface area contributed by atoms with Crippen molar-refractivity contribution in [1.29, 1.82) is 0 Å². The van der Waals surface area contributed by atoms with Crippen LogP contribution in [0.4, 0.5) is 0 Å². The molecule has 0 aromatic carbocycles. The normalized spacial score (nSPS) is 12.1. The van der Waals surface area contributed by atoms with Crippen LogP contribution in [0, 0.1) is 0 Å². The third-order valence-electron chi connectivity index (χ3n) is 1.63. The fourth-order valence-corrected chi connectivity index (χ4v) is 0.900. The molecule has 0 bridgehead atoms. The van der Waals surface area contributed by atoms with Crippen LogP contribution in [0.5, 0.6) is 0 Å². The van der Waals surface area contributed by atoms with E-state index in [0.29, 0.717) is 0 Å². The summed E-state index contributed by atoms with van der Waals surface area (Å²) >= 11 is 0. The van der Waals surface area contributed by atoms with Crippen LogP contribution in [0.2, 0.25) is 0 Å². The number of aliphatic carboxylic acids is 1. The largest absolute Gasteiger partial charge is 0.480 e. The van der Waals surface area contributed by atoms with E-state index in [9.17, 15) is 9.59 Å². The Morgan fingerprint density at radius 3 is 2.57 bits per heavy atom. The van der Waals surface area contributed by atoms with Crippen LogP contribution >= 0.6 is 0 Å². The van der Waals surface area contributed by atoms with Crippen molar-refractivity contribution in [3.63, 3.8) is 0 Å². The summed E-state index contributed by atoms with van der Waals surface area (Å²) in [7, 11) is 0. The van der Waals surface area contributed by atoms with E-state index >= 15 is 0 Å². The first-order valence-corrected chi connectivity index (χ1v) is 3.70. The number of aromatic nitrogens is 1. The van der Waals surface area contributed by atoms with E-state index in [2.05, 4.69) is 4.98 Å². The molecule has 4 N–H and O–H groups in total. The van der Waals surface area contributed by atoms with Crippen LogP contribution in [0.1, 0.15) is 22.1 Å². The van der Waals surface area contributed by atoms with Gasteiger partial charge in [0, 0.05) is 6.20 Å². The van der Waals surface area contributed by atoms with Gasteiger partial charge in [0.15, 0.2) is 0 Å². The number of carbonyl (C=O) groups is 2. The van der Waals surface area contributed by atoms with Gasteiger partial charge < -0.3 is 15.9 Å². The van der Waals surface area contributed by atoms with E-state index in [1.54, 1.807) is 0 Å².